The molecule has 0 spiro atoms. The normalized spacial score (nSPS) is 15.8. The second-order valence-corrected chi connectivity index (χ2v) is 7.34. The fourth-order valence-electron chi connectivity index (χ4n) is 3.65. The van der Waals surface area contributed by atoms with Crippen LogP contribution < -0.4 is 5.32 Å². The number of halogens is 2. The Morgan fingerprint density at radius 1 is 1.26 bits per heavy atom. The molecule has 0 saturated heterocycles. The van der Waals surface area contributed by atoms with Crippen molar-refractivity contribution in [3.63, 3.8) is 0 Å². The van der Waals surface area contributed by atoms with E-state index in [1.54, 1.807) is 11.0 Å². The lowest BCUT2D eigenvalue weighted by atomic mass is 9.85. The number of nitrogens with one attached hydrogen (secondary N) is 1. The van der Waals surface area contributed by atoms with Gasteiger partial charge < -0.3 is 15.1 Å². The van der Waals surface area contributed by atoms with Crippen molar-refractivity contribution in [2.45, 2.75) is 39.2 Å². The zero-order valence-electron chi connectivity index (χ0n) is 16.8. The lowest BCUT2D eigenvalue weighted by molar-refractivity contribution is -0.138. The molecule has 1 N–H and O–H groups in total. The van der Waals surface area contributed by atoms with Crippen LogP contribution in [-0.2, 0) is 11.3 Å². The maximum atomic E-state index is 13.4. The van der Waals surface area contributed by atoms with Gasteiger partial charge >= 0.3 is 0 Å². The largest absolute Gasteiger partial charge is 0.357 e. The average Bonchev–Trinajstić information content (AvgIpc) is 3.07. The topological polar surface area (TPSA) is 47.9 Å². The van der Waals surface area contributed by atoms with E-state index >= 15 is 0 Å². The Morgan fingerprint density at radius 3 is 2.48 bits per heavy atom. The monoisotopic (exact) mass is 490 g/mol. The molecule has 1 saturated carbocycles. The van der Waals surface area contributed by atoms with E-state index in [2.05, 4.69) is 5.32 Å². The predicted octanol–water partition coefficient (Wildman–Crippen LogP) is 3.49. The number of guanidine groups is 1. The van der Waals surface area contributed by atoms with Crippen LogP contribution in [0.4, 0.5) is 4.39 Å². The first-order valence-electron chi connectivity index (χ1n) is 9.33. The molecule has 0 atom stereocenters. The molecule has 1 aromatic rings. The van der Waals surface area contributed by atoms with Crippen molar-refractivity contribution in [3.8, 4) is 0 Å². The number of rotatable bonds is 6. The summed E-state index contributed by atoms with van der Waals surface area (Å²) in [7, 11) is 5.56. The molecular weight excluding hydrogens is 458 g/mol. The first kappa shape index (κ1) is 23.7. The standard InChI is InChI=1S/C20H31FN4O.HI/c1-5-22-19(25(4)14-16-9-8-10-17(21)13-16)23-15-20(11-6-7-12-20)18(26)24(2)3;/h8-10,13H,5-7,11-12,14-15H2,1-4H3,(H,22,23);1H. The number of hydrogen-bond acceptors (Lipinski definition) is 2. The first-order valence-corrected chi connectivity index (χ1v) is 9.33. The van der Waals surface area contributed by atoms with Gasteiger partial charge in [-0.05, 0) is 37.5 Å². The number of hydrogen-bond donors (Lipinski definition) is 1. The van der Waals surface area contributed by atoms with E-state index in [1.165, 1.54) is 12.1 Å². The quantitative estimate of drug-likeness (QED) is 0.378. The lowest BCUT2D eigenvalue weighted by Gasteiger charge is -2.30. The molecular formula is C20H32FIN4O. The van der Waals surface area contributed by atoms with Crippen molar-refractivity contribution >= 4 is 35.8 Å². The van der Waals surface area contributed by atoms with Gasteiger partial charge in [0.05, 0.1) is 12.0 Å². The van der Waals surface area contributed by atoms with Crippen LogP contribution in [0.25, 0.3) is 0 Å². The molecule has 0 unspecified atom stereocenters. The minimum atomic E-state index is -0.385. The molecule has 27 heavy (non-hydrogen) atoms. The highest BCUT2D eigenvalue weighted by molar-refractivity contribution is 14.0. The Morgan fingerprint density at radius 2 is 1.93 bits per heavy atom. The number of carbonyl (C=O) groups is 1. The molecule has 0 heterocycles. The highest BCUT2D eigenvalue weighted by Gasteiger charge is 2.42. The molecule has 0 aliphatic heterocycles. The van der Waals surface area contributed by atoms with Gasteiger partial charge in [0.15, 0.2) is 5.96 Å². The van der Waals surface area contributed by atoms with Crippen LogP contribution in [0.15, 0.2) is 29.3 Å². The maximum Gasteiger partial charge on any atom is 0.230 e. The van der Waals surface area contributed by atoms with Crippen molar-refractivity contribution in [3.05, 3.63) is 35.6 Å². The Bertz CT molecular complexity index is 645. The van der Waals surface area contributed by atoms with Gasteiger partial charge in [-0.25, -0.2) is 4.39 Å². The van der Waals surface area contributed by atoms with Crippen LogP contribution in [0.5, 0.6) is 0 Å². The smallest absolute Gasteiger partial charge is 0.230 e. The summed E-state index contributed by atoms with van der Waals surface area (Å²) in [6, 6.07) is 6.59. The van der Waals surface area contributed by atoms with Gasteiger partial charge in [0.1, 0.15) is 5.82 Å². The summed E-state index contributed by atoms with van der Waals surface area (Å²) in [5.41, 5.74) is 0.502. The zero-order valence-corrected chi connectivity index (χ0v) is 19.1. The number of carbonyl (C=O) groups excluding carboxylic acids is 1. The SMILES string of the molecule is CCNC(=NCC1(C(=O)N(C)C)CCCC1)N(C)Cc1cccc(F)c1.I. The van der Waals surface area contributed by atoms with Gasteiger partial charge in [0.2, 0.25) is 5.91 Å². The second kappa shape index (κ2) is 10.8. The maximum absolute atomic E-state index is 13.4. The third kappa shape index (κ3) is 6.33. The molecule has 0 radical (unpaired) electrons. The molecule has 0 aromatic heterocycles. The van der Waals surface area contributed by atoms with Gasteiger partial charge in [-0.15, -0.1) is 24.0 Å². The molecule has 1 aromatic carbocycles. The van der Waals surface area contributed by atoms with Crippen molar-refractivity contribution in [2.24, 2.45) is 10.4 Å². The molecule has 1 aliphatic rings. The van der Waals surface area contributed by atoms with E-state index in [9.17, 15) is 9.18 Å². The van der Waals surface area contributed by atoms with Gasteiger partial charge in [0, 0.05) is 34.2 Å². The molecule has 1 aliphatic carbocycles. The van der Waals surface area contributed by atoms with E-state index < -0.39 is 0 Å². The van der Waals surface area contributed by atoms with Crippen molar-refractivity contribution in [2.75, 3.05) is 34.2 Å². The molecule has 5 nitrogen and oxygen atoms in total. The molecule has 1 fully saturated rings. The molecule has 1 amide bonds. The number of benzene rings is 1. The number of aliphatic imine (C=N–C) groups is 1. The number of nitrogens with zero attached hydrogens (tertiary/aromatic N) is 3. The average molecular weight is 490 g/mol. The fourth-order valence-corrected chi connectivity index (χ4v) is 3.65. The van der Waals surface area contributed by atoms with Crippen LogP contribution in [0.2, 0.25) is 0 Å². The van der Waals surface area contributed by atoms with Crippen molar-refractivity contribution in [1.29, 1.82) is 0 Å². The minimum absolute atomic E-state index is 0. The second-order valence-electron chi connectivity index (χ2n) is 7.34. The summed E-state index contributed by atoms with van der Waals surface area (Å²) in [5, 5.41) is 3.28. The molecule has 2 rings (SSSR count). The highest BCUT2D eigenvalue weighted by atomic mass is 127. The Kier molecular flexibility index (Phi) is 9.49. The van der Waals surface area contributed by atoms with E-state index in [-0.39, 0.29) is 41.1 Å². The van der Waals surface area contributed by atoms with Crippen LogP contribution >= 0.6 is 24.0 Å². The van der Waals surface area contributed by atoms with Crippen molar-refractivity contribution < 1.29 is 9.18 Å². The van der Waals surface area contributed by atoms with Crippen LogP contribution in [-0.4, -0.2) is 55.9 Å². The molecule has 7 heteroatoms. The molecule has 152 valence electrons. The van der Waals surface area contributed by atoms with Gasteiger partial charge in [-0.3, -0.25) is 9.79 Å². The van der Waals surface area contributed by atoms with E-state index in [0.717, 1.165) is 43.8 Å². The van der Waals surface area contributed by atoms with Gasteiger partial charge in [-0.2, -0.15) is 0 Å². The summed E-state index contributed by atoms with van der Waals surface area (Å²) in [5.74, 6) is 0.677. The Labute approximate surface area is 179 Å². The van der Waals surface area contributed by atoms with Crippen molar-refractivity contribution in [1.82, 2.24) is 15.1 Å². The summed E-state index contributed by atoms with van der Waals surface area (Å²) < 4.78 is 13.4. The number of amides is 1. The van der Waals surface area contributed by atoms with E-state index in [1.807, 2.05) is 39.0 Å². The van der Waals surface area contributed by atoms with Crippen LogP contribution in [0, 0.1) is 11.2 Å². The summed E-state index contributed by atoms with van der Waals surface area (Å²) >= 11 is 0. The first-order chi connectivity index (χ1) is 12.4. The predicted molar refractivity (Wildman–Crippen MR) is 119 cm³/mol. The third-order valence-electron chi connectivity index (χ3n) is 4.96. The third-order valence-corrected chi connectivity index (χ3v) is 4.96. The summed E-state index contributed by atoms with van der Waals surface area (Å²) in [4.78, 5) is 21.2. The highest BCUT2D eigenvalue weighted by Crippen LogP contribution is 2.39. The van der Waals surface area contributed by atoms with Crippen LogP contribution in [0.3, 0.4) is 0 Å². The zero-order chi connectivity index (χ0) is 19.2. The van der Waals surface area contributed by atoms with Gasteiger partial charge in [0.25, 0.3) is 0 Å². The lowest BCUT2D eigenvalue weighted by Crippen LogP contribution is -2.43. The summed E-state index contributed by atoms with van der Waals surface area (Å²) in [6.45, 7) is 3.79. The van der Waals surface area contributed by atoms with Crippen LogP contribution in [0.1, 0.15) is 38.2 Å². The molecule has 0 bridgehead atoms. The van der Waals surface area contributed by atoms with Gasteiger partial charge in [-0.1, -0.05) is 25.0 Å². The van der Waals surface area contributed by atoms with E-state index in [0.29, 0.717) is 13.1 Å². The van der Waals surface area contributed by atoms with E-state index in [4.69, 9.17) is 4.99 Å². The Balaban J connectivity index is 0.00000364. The fraction of sp³-hybridized carbons (Fsp3) is 0.600. The minimum Gasteiger partial charge on any atom is -0.357 e. The summed E-state index contributed by atoms with van der Waals surface area (Å²) in [6.07, 6.45) is 3.93. The Hall–Kier alpha value is -1.38.